The Bertz CT molecular complexity index is 1400. The van der Waals surface area contributed by atoms with E-state index in [-0.39, 0.29) is 31.8 Å². The minimum atomic E-state index is -2.49. The van der Waals surface area contributed by atoms with E-state index in [4.69, 9.17) is 0 Å². The molecule has 254 valence electrons. The molecule has 4 aromatic carbocycles. The molecular weight excluding hydrogens is 689 g/mol. The van der Waals surface area contributed by atoms with E-state index in [1.807, 2.05) is 137 Å². The van der Waals surface area contributed by atoms with Crippen molar-refractivity contribution in [2.24, 2.45) is 9.32 Å². The second kappa shape index (κ2) is 22.0. The summed E-state index contributed by atoms with van der Waals surface area (Å²) in [6.07, 6.45) is 20.0. The minimum absolute atomic E-state index is 0. The van der Waals surface area contributed by atoms with Gasteiger partial charge in [0.1, 0.15) is 16.5 Å². The molecule has 0 unspecified atom stereocenters. The van der Waals surface area contributed by atoms with Crippen LogP contribution < -0.4 is 20.7 Å². The Labute approximate surface area is 326 Å². The largest absolute Gasteiger partial charge is 4.00 e. The molecule has 0 N–H and O–H groups in total. The Morgan fingerprint density at radius 3 is 0.686 bits per heavy atom. The summed E-state index contributed by atoms with van der Waals surface area (Å²) < 4.78 is 9.02. The van der Waals surface area contributed by atoms with Crippen LogP contribution in [0.4, 0.5) is 0 Å². The van der Waals surface area contributed by atoms with E-state index in [0.29, 0.717) is 0 Å². The van der Waals surface area contributed by atoms with Gasteiger partial charge in [-0.05, 0) is 74.3 Å². The van der Waals surface area contributed by atoms with E-state index in [0.717, 1.165) is 0 Å². The number of nitrogens with zero attached hydrogens (tertiary/aromatic N) is 4. The number of hydrogen-bond donors (Lipinski definition) is 0. The van der Waals surface area contributed by atoms with Crippen LogP contribution in [0, 0.1) is 64.2 Å². The molecule has 2 aliphatic carbocycles. The summed E-state index contributed by atoms with van der Waals surface area (Å²) in [5, 5.41) is 23.2. The topological polar surface area (TPSA) is 69.3 Å². The van der Waals surface area contributed by atoms with Gasteiger partial charge in [0.05, 0.1) is 0 Å². The first-order chi connectivity index (χ1) is 24.0. The van der Waals surface area contributed by atoms with Crippen LogP contribution in [-0.2, 0) is 21.7 Å². The van der Waals surface area contributed by atoms with E-state index >= 15 is 0 Å². The first kappa shape index (κ1) is 44.0. The van der Waals surface area contributed by atoms with E-state index < -0.39 is 16.5 Å². The van der Waals surface area contributed by atoms with E-state index in [1.165, 1.54) is 20.7 Å². The molecule has 0 spiro atoms. The molecule has 6 rings (SSSR count). The van der Waals surface area contributed by atoms with E-state index in [2.05, 4.69) is 111 Å². The quantitative estimate of drug-likeness (QED) is 0.141. The van der Waals surface area contributed by atoms with Crippen LogP contribution in [0.15, 0.2) is 131 Å². The zero-order valence-electron chi connectivity index (χ0n) is 30.6. The predicted octanol–water partition coefficient (Wildman–Crippen LogP) is 8.62. The molecule has 4 aromatic rings. The molecule has 0 aromatic heterocycles. The Morgan fingerprint density at radius 2 is 0.549 bits per heavy atom. The summed E-state index contributed by atoms with van der Waals surface area (Å²) in [5.74, 6) is 0. The Kier molecular flexibility index (Phi) is 19.0. The van der Waals surface area contributed by atoms with Crippen molar-refractivity contribution >= 4 is 49.2 Å². The van der Waals surface area contributed by atoms with Crippen molar-refractivity contribution in [3.8, 4) is 0 Å². The number of benzene rings is 4. The molecule has 10 radical (unpaired) electrons. The van der Waals surface area contributed by atoms with Gasteiger partial charge in [-0.25, -0.2) is 0 Å². The summed E-state index contributed by atoms with van der Waals surface area (Å²) in [6, 6.07) is 45.2. The second-order valence-corrected chi connectivity index (χ2v) is 22.3. The molecule has 0 bridgehead atoms. The molecule has 2 fully saturated rings. The van der Waals surface area contributed by atoms with Gasteiger partial charge in [-0.1, -0.05) is 184 Å². The fraction of sp³-hybridized carbons (Fsp3) is 0.182. The van der Waals surface area contributed by atoms with Crippen molar-refractivity contribution in [1.29, 1.82) is 0 Å². The van der Waals surface area contributed by atoms with Crippen LogP contribution in [-0.4, -0.2) is 28.5 Å². The third-order valence-electron chi connectivity index (χ3n) is 8.48. The zero-order valence-corrected chi connectivity index (χ0v) is 34.2. The van der Waals surface area contributed by atoms with Gasteiger partial charge in [0.25, 0.3) is 0 Å². The molecule has 4 nitrogen and oxygen atoms in total. The maximum atomic E-state index is 9.31. The van der Waals surface area contributed by atoms with Gasteiger partial charge in [0.2, 0.25) is 0 Å². The van der Waals surface area contributed by atoms with Gasteiger partial charge < -0.3 is 20.1 Å². The van der Waals surface area contributed by atoms with Crippen LogP contribution in [0.2, 0.25) is 10.1 Å². The molecular formula is C44H48N4Si2Ti+2. The van der Waals surface area contributed by atoms with Crippen molar-refractivity contribution in [2.45, 2.75) is 51.6 Å². The SMILES string of the molecule is CC(C)(C)[Si](N=C=[N-])(c1ccccc1)c1ccccc1.CC(C)(C)[Si](N=C=[N-])(c1ccccc1)c1ccccc1.[CH]1[CH][CH][CH][CH]1.[CH]1[CH][CH][CH][CH]1.[Ti+4]. The van der Waals surface area contributed by atoms with Crippen molar-refractivity contribution < 1.29 is 21.7 Å². The maximum Gasteiger partial charge on any atom is 4.00 e. The standard InChI is InChI=1S/2C17H19N2Si.2C5H5.Ti/c2*1-17(2,3)20(19-14-18,15-10-6-4-7-11-15)16-12-8-5-9-13-16;2*1-2-4-5-3-1;/h2*4-13H,1-3H3;2*1-5H;/q2*-1;;;+4. The van der Waals surface area contributed by atoms with Gasteiger partial charge in [-0.2, -0.15) is 12.0 Å². The molecule has 7 heteroatoms. The van der Waals surface area contributed by atoms with Crippen molar-refractivity contribution in [2.75, 3.05) is 0 Å². The van der Waals surface area contributed by atoms with Crippen LogP contribution in [0.25, 0.3) is 10.8 Å². The summed E-state index contributed by atoms with van der Waals surface area (Å²) in [6.45, 7) is 13.1. The fourth-order valence-corrected chi connectivity index (χ4v) is 14.5. The number of rotatable bonds is 6. The van der Waals surface area contributed by atoms with Gasteiger partial charge in [-0.15, -0.1) is 0 Å². The van der Waals surface area contributed by atoms with Crippen molar-refractivity contribution in [1.82, 2.24) is 0 Å². The number of hydrogen-bond acceptors (Lipinski definition) is 2. The molecule has 2 saturated carbocycles. The molecule has 51 heavy (non-hydrogen) atoms. The van der Waals surface area contributed by atoms with Crippen LogP contribution >= 0.6 is 0 Å². The first-order valence-electron chi connectivity index (χ1n) is 16.8. The summed E-state index contributed by atoms with van der Waals surface area (Å²) in [7, 11) is -4.97. The molecule has 0 atom stereocenters. The second-order valence-electron chi connectivity index (χ2n) is 13.7. The van der Waals surface area contributed by atoms with Gasteiger partial charge in [-0.3, -0.25) is 0 Å². The average molecular weight is 737 g/mol. The normalized spacial score (nSPS) is 13.9. The molecule has 0 aliphatic heterocycles. The third-order valence-corrected chi connectivity index (χ3v) is 18.4. The van der Waals surface area contributed by atoms with Crippen LogP contribution in [0.5, 0.6) is 0 Å². The van der Waals surface area contributed by atoms with Gasteiger partial charge in [0.15, 0.2) is 0 Å². The van der Waals surface area contributed by atoms with Crippen LogP contribution in [0.1, 0.15) is 41.5 Å². The third kappa shape index (κ3) is 11.9. The fourth-order valence-electron chi connectivity index (χ4n) is 6.17. The molecule has 0 saturated heterocycles. The Morgan fingerprint density at radius 1 is 0.373 bits per heavy atom. The Balaban J connectivity index is 0.000000273. The minimum Gasteiger partial charge on any atom is -0.427 e. The van der Waals surface area contributed by atoms with Crippen molar-refractivity contribution in [3.63, 3.8) is 0 Å². The molecule has 2 aliphatic rings. The van der Waals surface area contributed by atoms with Crippen LogP contribution in [0.3, 0.4) is 0 Å². The zero-order chi connectivity index (χ0) is 36.4. The molecule has 0 amide bonds. The summed E-state index contributed by atoms with van der Waals surface area (Å²) in [4.78, 5) is 0. The smallest absolute Gasteiger partial charge is 0.427 e. The maximum absolute atomic E-state index is 9.31. The Hall–Kier alpha value is -3.21. The molecule has 0 heterocycles. The van der Waals surface area contributed by atoms with E-state index in [1.54, 1.807) is 0 Å². The van der Waals surface area contributed by atoms with Gasteiger partial charge >= 0.3 is 21.7 Å². The van der Waals surface area contributed by atoms with Crippen molar-refractivity contribution in [3.05, 3.63) is 196 Å². The average Bonchev–Trinajstić information content (AvgIpc) is 3.91. The first-order valence-corrected chi connectivity index (χ1v) is 20.7. The monoisotopic (exact) mass is 736 g/mol. The predicted molar refractivity (Wildman–Crippen MR) is 220 cm³/mol. The summed E-state index contributed by atoms with van der Waals surface area (Å²) >= 11 is 0. The summed E-state index contributed by atoms with van der Waals surface area (Å²) in [5.41, 5.74) is 0. The van der Waals surface area contributed by atoms with Gasteiger partial charge in [0, 0.05) is 0 Å². The van der Waals surface area contributed by atoms with E-state index in [9.17, 15) is 10.8 Å².